The van der Waals surface area contributed by atoms with Gasteiger partial charge in [-0.25, -0.2) is 0 Å². The van der Waals surface area contributed by atoms with Crippen LogP contribution in [0.15, 0.2) is 24.3 Å². The predicted octanol–water partition coefficient (Wildman–Crippen LogP) is 2.12. The van der Waals surface area contributed by atoms with E-state index in [1.165, 1.54) is 49.9 Å². The average Bonchev–Trinajstić information content (AvgIpc) is 3.03. The number of carbonyl (C=O) groups excluding carboxylic acids is 2. The van der Waals surface area contributed by atoms with Gasteiger partial charge < -0.3 is 15.5 Å². The van der Waals surface area contributed by atoms with E-state index in [2.05, 4.69) is 44.7 Å². The van der Waals surface area contributed by atoms with Crippen molar-refractivity contribution in [2.75, 3.05) is 39.3 Å². The summed E-state index contributed by atoms with van der Waals surface area (Å²) in [6.07, 6.45) is 9.69. The Balaban J connectivity index is 1.21. The molecule has 6 heteroatoms. The van der Waals surface area contributed by atoms with Crippen LogP contribution in [0.4, 0.5) is 0 Å². The minimum Gasteiger partial charge on any atom is -0.356 e. The molecule has 1 aromatic rings. The predicted molar refractivity (Wildman–Crippen MR) is 123 cm³/mol. The second kappa shape index (κ2) is 11.1. The average molecular weight is 427 g/mol. The zero-order valence-electron chi connectivity index (χ0n) is 18.8. The summed E-state index contributed by atoms with van der Waals surface area (Å²) in [7, 11) is 0. The summed E-state index contributed by atoms with van der Waals surface area (Å²) in [5.41, 5.74) is 2.76. The molecule has 2 aliphatic heterocycles. The van der Waals surface area contributed by atoms with Gasteiger partial charge in [-0.1, -0.05) is 37.1 Å². The molecule has 0 bridgehead atoms. The smallest absolute Gasteiger partial charge is 0.237 e. The fraction of sp³-hybridized carbons (Fsp3) is 0.680. The van der Waals surface area contributed by atoms with Gasteiger partial charge in [0.15, 0.2) is 0 Å². The van der Waals surface area contributed by atoms with Crippen molar-refractivity contribution in [1.29, 1.82) is 0 Å². The van der Waals surface area contributed by atoms with Gasteiger partial charge in [0.25, 0.3) is 0 Å². The summed E-state index contributed by atoms with van der Waals surface area (Å²) in [5.74, 6) is -0.00384. The summed E-state index contributed by atoms with van der Waals surface area (Å²) in [6, 6.07) is 8.50. The lowest BCUT2D eigenvalue weighted by Gasteiger charge is -2.38. The number of piperazine rings is 1. The molecule has 2 heterocycles. The van der Waals surface area contributed by atoms with E-state index in [1.807, 2.05) is 0 Å². The first-order valence-electron chi connectivity index (χ1n) is 12.3. The van der Waals surface area contributed by atoms with Crippen LogP contribution in [0.5, 0.6) is 0 Å². The molecule has 6 nitrogen and oxygen atoms in total. The molecule has 2 N–H and O–H groups in total. The third-order valence-electron chi connectivity index (χ3n) is 7.17. The zero-order valence-corrected chi connectivity index (χ0v) is 18.8. The van der Waals surface area contributed by atoms with Crippen LogP contribution in [0, 0.1) is 0 Å². The molecule has 0 spiro atoms. The van der Waals surface area contributed by atoms with E-state index in [9.17, 15) is 9.59 Å². The first-order chi connectivity index (χ1) is 15.2. The highest BCUT2D eigenvalue weighted by Gasteiger charge is 2.37. The second-order valence-electron chi connectivity index (χ2n) is 9.39. The zero-order chi connectivity index (χ0) is 21.5. The quantitative estimate of drug-likeness (QED) is 0.625. The monoisotopic (exact) mass is 426 g/mol. The molecule has 3 aliphatic rings. The number of nitrogens with one attached hydrogen (secondary N) is 2. The molecule has 1 unspecified atom stereocenters. The third-order valence-corrected chi connectivity index (χ3v) is 7.17. The summed E-state index contributed by atoms with van der Waals surface area (Å²) in [5, 5.41) is 6.03. The van der Waals surface area contributed by atoms with Crippen LogP contribution in [0.3, 0.4) is 0 Å². The molecule has 0 aromatic heterocycles. The minimum atomic E-state index is -0.356. The number of carbonyl (C=O) groups is 2. The van der Waals surface area contributed by atoms with Gasteiger partial charge in [-0.3, -0.25) is 14.5 Å². The van der Waals surface area contributed by atoms with Crippen molar-refractivity contribution in [3.8, 4) is 0 Å². The molecule has 2 amide bonds. The molecule has 0 radical (unpaired) electrons. The molecular formula is C25H38N4O2. The number of hydrogen-bond acceptors (Lipinski definition) is 4. The Hall–Kier alpha value is -1.92. The van der Waals surface area contributed by atoms with Gasteiger partial charge in [-0.2, -0.15) is 0 Å². The van der Waals surface area contributed by atoms with Gasteiger partial charge >= 0.3 is 0 Å². The lowest BCUT2D eigenvalue weighted by Crippen LogP contribution is -2.59. The van der Waals surface area contributed by atoms with Crippen molar-refractivity contribution in [1.82, 2.24) is 20.4 Å². The van der Waals surface area contributed by atoms with Crippen LogP contribution < -0.4 is 10.6 Å². The highest BCUT2D eigenvalue weighted by Crippen LogP contribution is 2.28. The molecule has 0 saturated carbocycles. The molecule has 2 fully saturated rings. The molecule has 1 atom stereocenters. The summed E-state index contributed by atoms with van der Waals surface area (Å²) >= 11 is 0. The fourth-order valence-electron chi connectivity index (χ4n) is 5.45. The fourth-order valence-corrected chi connectivity index (χ4v) is 5.45. The van der Waals surface area contributed by atoms with E-state index < -0.39 is 0 Å². The van der Waals surface area contributed by atoms with E-state index in [0.717, 1.165) is 38.8 Å². The number of unbranched alkanes of at least 4 members (excludes halogenated alkanes) is 1. The number of amides is 2. The van der Waals surface area contributed by atoms with Crippen molar-refractivity contribution in [3.05, 3.63) is 35.4 Å². The van der Waals surface area contributed by atoms with E-state index in [1.54, 1.807) is 0 Å². The lowest BCUT2D eigenvalue weighted by molar-refractivity contribution is -0.135. The van der Waals surface area contributed by atoms with Crippen molar-refractivity contribution in [2.24, 2.45) is 0 Å². The van der Waals surface area contributed by atoms with Crippen LogP contribution in [0.25, 0.3) is 0 Å². The Bertz CT molecular complexity index is 720. The molecule has 4 rings (SSSR count). The van der Waals surface area contributed by atoms with Gasteiger partial charge in [0.1, 0.15) is 0 Å². The largest absolute Gasteiger partial charge is 0.356 e. The van der Waals surface area contributed by atoms with Crippen molar-refractivity contribution >= 4 is 11.8 Å². The molecule has 170 valence electrons. The topological polar surface area (TPSA) is 64.7 Å². The SMILES string of the molecule is O=C(CC1C(=O)NCCN1C1Cc2ccccc2C1)NCCCCN1CCCCCC1. The Morgan fingerprint density at radius 1 is 1.00 bits per heavy atom. The van der Waals surface area contributed by atoms with Crippen molar-refractivity contribution < 1.29 is 9.59 Å². The maximum Gasteiger partial charge on any atom is 0.237 e. The second-order valence-corrected chi connectivity index (χ2v) is 9.39. The molecule has 2 saturated heterocycles. The van der Waals surface area contributed by atoms with Gasteiger partial charge in [0.2, 0.25) is 11.8 Å². The van der Waals surface area contributed by atoms with Gasteiger partial charge in [0.05, 0.1) is 12.5 Å². The van der Waals surface area contributed by atoms with Crippen LogP contribution >= 0.6 is 0 Å². The normalized spacial score (nSPS) is 23.2. The van der Waals surface area contributed by atoms with E-state index in [4.69, 9.17) is 0 Å². The summed E-state index contributed by atoms with van der Waals surface area (Å²) in [4.78, 5) is 30.1. The van der Waals surface area contributed by atoms with Crippen LogP contribution in [-0.2, 0) is 22.4 Å². The van der Waals surface area contributed by atoms with Crippen LogP contribution in [-0.4, -0.2) is 73.0 Å². The number of likely N-dealkylation sites (tertiary alicyclic amines) is 1. The van der Waals surface area contributed by atoms with Crippen molar-refractivity contribution in [3.63, 3.8) is 0 Å². The standard InChI is InChI=1S/C25H38N4O2/c30-24(26-11-5-8-15-28-13-6-1-2-7-14-28)19-23-25(31)27-12-16-29(23)22-17-20-9-3-4-10-21(20)18-22/h3-4,9-10,22-23H,1-2,5-8,11-19H2,(H,26,30)(H,27,31). The number of nitrogens with zero attached hydrogens (tertiary/aromatic N) is 2. The first-order valence-corrected chi connectivity index (χ1v) is 12.3. The lowest BCUT2D eigenvalue weighted by atomic mass is 10.0. The number of fused-ring (bicyclic) bond motifs is 1. The summed E-state index contributed by atoms with van der Waals surface area (Å²) < 4.78 is 0. The van der Waals surface area contributed by atoms with Gasteiger partial charge in [0, 0.05) is 25.7 Å². The Labute approximate surface area is 186 Å². The number of hydrogen-bond donors (Lipinski definition) is 2. The van der Waals surface area contributed by atoms with Crippen LogP contribution in [0.1, 0.15) is 56.1 Å². The van der Waals surface area contributed by atoms with Gasteiger partial charge in [-0.05, 0) is 69.3 Å². The third kappa shape index (κ3) is 6.07. The Morgan fingerprint density at radius 2 is 1.71 bits per heavy atom. The Kier molecular flexibility index (Phi) is 7.97. The molecule has 31 heavy (non-hydrogen) atoms. The number of rotatable bonds is 8. The van der Waals surface area contributed by atoms with E-state index in [0.29, 0.717) is 19.1 Å². The van der Waals surface area contributed by atoms with Gasteiger partial charge in [-0.15, -0.1) is 0 Å². The molecule has 1 aliphatic carbocycles. The molecule has 1 aromatic carbocycles. The minimum absolute atomic E-state index is 0.00137. The molecular weight excluding hydrogens is 388 g/mol. The summed E-state index contributed by atoms with van der Waals surface area (Å²) in [6.45, 7) is 5.78. The number of benzene rings is 1. The van der Waals surface area contributed by atoms with E-state index >= 15 is 0 Å². The maximum absolute atomic E-state index is 12.6. The highest BCUT2D eigenvalue weighted by molar-refractivity contribution is 5.88. The first kappa shape index (κ1) is 22.3. The highest BCUT2D eigenvalue weighted by atomic mass is 16.2. The van der Waals surface area contributed by atoms with E-state index in [-0.39, 0.29) is 24.3 Å². The van der Waals surface area contributed by atoms with Crippen molar-refractivity contribution in [2.45, 2.75) is 69.9 Å². The maximum atomic E-state index is 12.6. The Morgan fingerprint density at radius 3 is 2.42 bits per heavy atom. The van der Waals surface area contributed by atoms with Crippen LogP contribution in [0.2, 0.25) is 0 Å².